The number of hydrogen-bond donors (Lipinski definition) is 0. The maximum Gasteiger partial charge on any atom is 0.282 e. The van der Waals surface area contributed by atoms with Crippen LogP contribution < -0.4 is 19.8 Å². The van der Waals surface area contributed by atoms with Crippen molar-refractivity contribution in [2.24, 2.45) is 5.10 Å². The topological polar surface area (TPSA) is 118 Å². The highest BCUT2D eigenvalue weighted by Gasteiger charge is 2.21. The fourth-order valence-electron chi connectivity index (χ4n) is 4.83. The molecular weight excluding hydrogens is 576 g/mol. The SMILES string of the molecule is COc1cc(C=Nn2c(-c3cc4c(OC)cccc4o3)nc3ccccc3c2=O)cc(Cl)c1OCC(=O)N1CCOCC1. The Morgan fingerprint density at radius 2 is 1.81 bits per heavy atom. The predicted molar refractivity (Wildman–Crippen MR) is 162 cm³/mol. The van der Waals surface area contributed by atoms with E-state index in [4.69, 9.17) is 39.9 Å². The minimum absolute atomic E-state index is 0.175. The molecule has 0 N–H and O–H groups in total. The van der Waals surface area contributed by atoms with E-state index >= 15 is 0 Å². The van der Waals surface area contributed by atoms with E-state index in [0.29, 0.717) is 65.6 Å². The van der Waals surface area contributed by atoms with Crippen LogP contribution in [0.2, 0.25) is 5.02 Å². The van der Waals surface area contributed by atoms with Crippen molar-refractivity contribution in [2.75, 3.05) is 47.1 Å². The fourth-order valence-corrected chi connectivity index (χ4v) is 5.10. The molecule has 1 fully saturated rings. The van der Waals surface area contributed by atoms with E-state index in [2.05, 4.69) is 5.10 Å². The molecule has 0 aliphatic carbocycles. The Kier molecular flexibility index (Phi) is 7.99. The van der Waals surface area contributed by atoms with Gasteiger partial charge < -0.3 is 28.3 Å². The van der Waals surface area contributed by atoms with Gasteiger partial charge in [-0.1, -0.05) is 29.8 Å². The minimum atomic E-state index is -0.385. The lowest BCUT2D eigenvalue weighted by molar-refractivity contribution is -0.137. The van der Waals surface area contributed by atoms with Crippen LogP contribution in [0.1, 0.15) is 5.56 Å². The standard InChI is InChI=1S/C31H27ClN4O7/c1-39-24-8-5-9-25-21(24)16-27(43-25)30-34-23-7-4-3-6-20(23)31(38)36(30)33-17-19-14-22(32)29(26(15-19)40-2)42-18-28(37)35-10-12-41-13-11-35/h3-9,14-17H,10-13,18H2,1-2H3. The maximum atomic E-state index is 13.6. The van der Waals surface area contributed by atoms with Crippen LogP contribution in [-0.4, -0.2) is 73.8 Å². The van der Waals surface area contributed by atoms with Crippen LogP contribution in [0.25, 0.3) is 33.5 Å². The van der Waals surface area contributed by atoms with Crippen molar-refractivity contribution >= 4 is 45.6 Å². The van der Waals surface area contributed by atoms with Crippen molar-refractivity contribution in [2.45, 2.75) is 0 Å². The Morgan fingerprint density at radius 1 is 1.02 bits per heavy atom. The first kappa shape index (κ1) is 28.3. The zero-order valence-corrected chi connectivity index (χ0v) is 24.2. The lowest BCUT2D eigenvalue weighted by Crippen LogP contribution is -2.43. The van der Waals surface area contributed by atoms with E-state index in [1.807, 2.05) is 12.1 Å². The van der Waals surface area contributed by atoms with E-state index in [1.54, 1.807) is 60.5 Å². The number of benzene rings is 3. The number of rotatable bonds is 8. The van der Waals surface area contributed by atoms with Gasteiger partial charge in [-0.15, -0.1) is 0 Å². The van der Waals surface area contributed by atoms with Crippen molar-refractivity contribution in [1.29, 1.82) is 0 Å². The van der Waals surface area contributed by atoms with Gasteiger partial charge >= 0.3 is 0 Å². The molecule has 1 aliphatic heterocycles. The summed E-state index contributed by atoms with van der Waals surface area (Å²) in [4.78, 5) is 32.6. The molecule has 3 heterocycles. The van der Waals surface area contributed by atoms with Crippen molar-refractivity contribution in [3.8, 4) is 28.8 Å². The summed E-state index contributed by atoms with van der Waals surface area (Å²) in [5, 5.41) is 5.83. The second-order valence-corrected chi connectivity index (χ2v) is 10.0. The van der Waals surface area contributed by atoms with Gasteiger partial charge in [-0.2, -0.15) is 9.78 Å². The number of fused-ring (bicyclic) bond motifs is 2. The first-order chi connectivity index (χ1) is 21.0. The van der Waals surface area contributed by atoms with Crippen LogP contribution in [0.4, 0.5) is 0 Å². The third kappa shape index (κ3) is 5.64. The number of para-hydroxylation sites is 1. The van der Waals surface area contributed by atoms with Crippen molar-refractivity contribution in [1.82, 2.24) is 14.6 Å². The molecule has 5 aromatic rings. The number of carbonyl (C=O) groups is 1. The number of halogens is 1. The number of ether oxygens (including phenoxy) is 4. The van der Waals surface area contributed by atoms with Crippen molar-refractivity contribution in [3.05, 3.63) is 81.6 Å². The third-order valence-electron chi connectivity index (χ3n) is 6.99. The molecule has 1 amide bonds. The first-order valence-electron chi connectivity index (χ1n) is 13.5. The molecule has 0 spiro atoms. The van der Waals surface area contributed by atoms with Crippen LogP contribution in [-0.2, 0) is 9.53 Å². The summed E-state index contributed by atoms with van der Waals surface area (Å²) in [7, 11) is 3.04. The highest BCUT2D eigenvalue weighted by atomic mass is 35.5. The summed E-state index contributed by atoms with van der Waals surface area (Å²) in [6, 6.07) is 17.5. The second-order valence-electron chi connectivity index (χ2n) is 9.61. The average molecular weight is 603 g/mol. The number of methoxy groups -OCH3 is 2. The molecule has 2 aromatic heterocycles. The van der Waals surface area contributed by atoms with Gasteiger partial charge in [-0.05, 0) is 48.0 Å². The number of amides is 1. The molecule has 0 atom stereocenters. The molecule has 12 heteroatoms. The summed E-state index contributed by atoms with van der Waals surface area (Å²) in [5.74, 6) is 1.52. The average Bonchev–Trinajstić information content (AvgIpc) is 3.48. The van der Waals surface area contributed by atoms with E-state index in [9.17, 15) is 9.59 Å². The molecule has 11 nitrogen and oxygen atoms in total. The maximum absolute atomic E-state index is 13.6. The number of morpholine rings is 1. The summed E-state index contributed by atoms with van der Waals surface area (Å²) in [5.41, 5.74) is 1.21. The van der Waals surface area contributed by atoms with Gasteiger partial charge in [0.1, 0.15) is 11.3 Å². The first-order valence-corrected chi connectivity index (χ1v) is 13.8. The Hall–Kier alpha value is -4.87. The summed E-state index contributed by atoms with van der Waals surface area (Å²) in [6.45, 7) is 1.80. The Morgan fingerprint density at radius 3 is 2.60 bits per heavy atom. The van der Waals surface area contributed by atoms with Crippen molar-refractivity contribution in [3.63, 3.8) is 0 Å². The largest absolute Gasteiger partial charge is 0.496 e. The molecule has 220 valence electrons. The third-order valence-corrected chi connectivity index (χ3v) is 7.27. The van der Waals surface area contributed by atoms with E-state index in [-0.39, 0.29) is 34.7 Å². The molecule has 0 bridgehead atoms. The summed E-state index contributed by atoms with van der Waals surface area (Å²) < 4.78 is 29.3. The molecule has 0 unspecified atom stereocenters. The van der Waals surface area contributed by atoms with E-state index in [1.165, 1.54) is 18.0 Å². The molecule has 43 heavy (non-hydrogen) atoms. The minimum Gasteiger partial charge on any atom is -0.496 e. The fraction of sp³-hybridized carbons (Fsp3) is 0.226. The van der Waals surface area contributed by atoms with Gasteiger partial charge in [-0.25, -0.2) is 4.98 Å². The van der Waals surface area contributed by atoms with E-state index < -0.39 is 0 Å². The molecule has 6 rings (SSSR count). The van der Waals surface area contributed by atoms with E-state index in [0.717, 1.165) is 5.39 Å². The van der Waals surface area contributed by atoms with Crippen LogP contribution in [0, 0.1) is 0 Å². The van der Waals surface area contributed by atoms with Gasteiger partial charge in [0, 0.05) is 13.1 Å². The van der Waals surface area contributed by atoms with Crippen LogP contribution in [0.15, 0.2) is 75.0 Å². The number of furan rings is 1. The number of aromatic nitrogens is 2. The Bertz CT molecular complexity index is 1910. The molecule has 3 aromatic carbocycles. The second kappa shape index (κ2) is 12.2. The normalized spacial score (nSPS) is 13.6. The zero-order chi connectivity index (χ0) is 29.9. The van der Waals surface area contributed by atoms with Gasteiger partial charge in [0.05, 0.1) is 55.0 Å². The van der Waals surface area contributed by atoms with Crippen LogP contribution in [0.3, 0.4) is 0 Å². The quantitative estimate of drug-likeness (QED) is 0.237. The molecule has 0 radical (unpaired) electrons. The van der Waals surface area contributed by atoms with Gasteiger partial charge in [0.25, 0.3) is 11.5 Å². The predicted octanol–water partition coefficient (Wildman–Crippen LogP) is 4.60. The molecular formula is C31H27ClN4O7. The van der Waals surface area contributed by atoms with Gasteiger partial charge in [-0.3, -0.25) is 9.59 Å². The van der Waals surface area contributed by atoms with Crippen LogP contribution in [0.5, 0.6) is 17.2 Å². The highest BCUT2D eigenvalue weighted by molar-refractivity contribution is 6.32. The Labute approximate surface area is 250 Å². The van der Waals surface area contributed by atoms with Crippen molar-refractivity contribution < 1.29 is 28.2 Å². The summed E-state index contributed by atoms with van der Waals surface area (Å²) >= 11 is 6.56. The number of nitrogens with zero attached hydrogens (tertiary/aromatic N) is 4. The zero-order valence-electron chi connectivity index (χ0n) is 23.4. The van der Waals surface area contributed by atoms with Gasteiger partial charge in [0.2, 0.25) is 5.82 Å². The van der Waals surface area contributed by atoms with Crippen LogP contribution >= 0.6 is 11.6 Å². The van der Waals surface area contributed by atoms with Gasteiger partial charge in [0.15, 0.2) is 23.9 Å². The monoisotopic (exact) mass is 602 g/mol. The lowest BCUT2D eigenvalue weighted by atomic mass is 10.2. The molecule has 1 aliphatic rings. The highest BCUT2D eigenvalue weighted by Crippen LogP contribution is 2.36. The Balaban J connectivity index is 1.36. The number of hydrogen-bond acceptors (Lipinski definition) is 9. The summed E-state index contributed by atoms with van der Waals surface area (Å²) in [6.07, 6.45) is 1.46. The molecule has 0 saturated carbocycles. The number of carbonyl (C=O) groups excluding carboxylic acids is 1. The molecule has 1 saturated heterocycles. The lowest BCUT2D eigenvalue weighted by Gasteiger charge is -2.26. The smallest absolute Gasteiger partial charge is 0.282 e.